The zero-order valence-electron chi connectivity index (χ0n) is 9.83. The van der Waals surface area contributed by atoms with Gasteiger partial charge in [-0.2, -0.15) is 5.10 Å². The zero-order chi connectivity index (χ0) is 12.9. The molecule has 0 saturated carbocycles. The van der Waals surface area contributed by atoms with Crippen molar-refractivity contribution in [3.63, 3.8) is 0 Å². The highest BCUT2D eigenvalue weighted by Crippen LogP contribution is 2.28. The van der Waals surface area contributed by atoms with Gasteiger partial charge in [-0.1, -0.05) is 23.2 Å². The van der Waals surface area contributed by atoms with Crippen LogP contribution in [0.2, 0.25) is 10.0 Å². The number of aromatic nitrogens is 4. The number of nitrogens with one attached hydrogen (secondary N) is 1. The summed E-state index contributed by atoms with van der Waals surface area (Å²) in [6.45, 7) is 1.99. The number of fused-ring (bicyclic) bond motifs is 1. The van der Waals surface area contributed by atoms with E-state index in [9.17, 15) is 0 Å². The minimum Gasteiger partial charge on any atom is -0.337 e. The molecule has 0 radical (unpaired) electrons. The molecule has 2 aromatic heterocycles. The molecule has 0 aliphatic carbocycles. The Hall–Kier alpha value is -1.52. The molecule has 0 aliphatic rings. The molecule has 1 N–H and O–H groups in total. The molecule has 3 aromatic rings. The Bertz CT molecular complexity index is 683. The second kappa shape index (κ2) is 4.00. The average molecular weight is 281 g/mol. The van der Waals surface area contributed by atoms with Crippen LogP contribution in [0.25, 0.3) is 22.6 Å². The standard InChI is InChI=1S/C12H10Cl2N4/c1-6-3-11(17-18(6)2)12-15-9-4-7(13)8(14)5-10(9)16-12/h3-5H,1-2H3,(H,15,16). The van der Waals surface area contributed by atoms with Crippen LogP contribution in [-0.4, -0.2) is 19.7 Å². The smallest absolute Gasteiger partial charge is 0.159 e. The number of aromatic amines is 1. The fraction of sp³-hybridized carbons (Fsp3) is 0.167. The Kier molecular flexibility index (Phi) is 2.57. The summed E-state index contributed by atoms with van der Waals surface area (Å²) in [5.41, 5.74) is 3.50. The van der Waals surface area contributed by atoms with E-state index in [0.29, 0.717) is 15.9 Å². The quantitative estimate of drug-likeness (QED) is 0.741. The highest BCUT2D eigenvalue weighted by molar-refractivity contribution is 6.42. The molecule has 92 valence electrons. The van der Waals surface area contributed by atoms with Crippen molar-refractivity contribution in [3.8, 4) is 11.5 Å². The third-order valence-electron chi connectivity index (χ3n) is 2.88. The first-order valence-corrected chi connectivity index (χ1v) is 6.16. The third-order valence-corrected chi connectivity index (χ3v) is 3.60. The number of imidazole rings is 1. The van der Waals surface area contributed by atoms with E-state index < -0.39 is 0 Å². The number of benzene rings is 1. The van der Waals surface area contributed by atoms with Gasteiger partial charge >= 0.3 is 0 Å². The topological polar surface area (TPSA) is 46.5 Å². The third kappa shape index (κ3) is 1.78. The molecule has 0 fully saturated rings. The molecule has 1 aromatic carbocycles. The molecular weight excluding hydrogens is 271 g/mol. The highest BCUT2D eigenvalue weighted by atomic mass is 35.5. The summed E-state index contributed by atoms with van der Waals surface area (Å²) in [5.74, 6) is 0.715. The van der Waals surface area contributed by atoms with Crippen molar-refractivity contribution in [3.05, 3.63) is 33.9 Å². The predicted octanol–water partition coefficient (Wildman–Crippen LogP) is 3.58. The number of hydrogen-bond donors (Lipinski definition) is 1. The van der Waals surface area contributed by atoms with E-state index in [2.05, 4.69) is 15.1 Å². The molecule has 18 heavy (non-hydrogen) atoms. The second-order valence-electron chi connectivity index (χ2n) is 4.16. The van der Waals surface area contributed by atoms with Crippen molar-refractivity contribution < 1.29 is 0 Å². The molecule has 0 atom stereocenters. The van der Waals surface area contributed by atoms with Crippen molar-refractivity contribution in [1.82, 2.24) is 19.7 Å². The summed E-state index contributed by atoms with van der Waals surface area (Å²) >= 11 is 11.9. The Morgan fingerprint density at radius 1 is 1.17 bits per heavy atom. The number of rotatable bonds is 1. The first kappa shape index (κ1) is 11.6. The minimum atomic E-state index is 0.499. The Balaban J connectivity index is 2.19. The summed E-state index contributed by atoms with van der Waals surface area (Å²) in [7, 11) is 1.90. The van der Waals surface area contributed by atoms with Crippen LogP contribution in [0.3, 0.4) is 0 Å². The monoisotopic (exact) mass is 280 g/mol. The minimum absolute atomic E-state index is 0.499. The molecular formula is C12H10Cl2N4. The molecule has 3 rings (SSSR count). The molecule has 0 amide bonds. The second-order valence-corrected chi connectivity index (χ2v) is 4.98. The molecule has 2 heterocycles. The van der Waals surface area contributed by atoms with Crippen molar-refractivity contribution in [2.75, 3.05) is 0 Å². The van der Waals surface area contributed by atoms with E-state index in [0.717, 1.165) is 22.4 Å². The summed E-state index contributed by atoms with van der Waals surface area (Å²) < 4.78 is 1.81. The van der Waals surface area contributed by atoms with E-state index in [1.807, 2.05) is 24.7 Å². The normalized spacial score (nSPS) is 11.3. The fourth-order valence-corrected chi connectivity index (χ4v) is 2.12. The van der Waals surface area contributed by atoms with Crippen LogP contribution >= 0.6 is 23.2 Å². The predicted molar refractivity (Wildman–Crippen MR) is 73.1 cm³/mol. The molecule has 0 aliphatic heterocycles. The maximum atomic E-state index is 5.97. The van der Waals surface area contributed by atoms with E-state index in [4.69, 9.17) is 23.2 Å². The van der Waals surface area contributed by atoms with Gasteiger partial charge in [0.1, 0.15) is 5.69 Å². The van der Waals surface area contributed by atoms with Gasteiger partial charge in [0.15, 0.2) is 5.82 Å². The van der Waals surface area contributed by atoms with Crippen LogP contribution in [0.15, 0.2) is 18.2 Å². The van der Waals surface area contributed by atoms with Crippen LogP contribution < -0.4 is 0 Å². The molecule has 6 heteroatoms. The van der Waals surface area contributed by atoms with Crippen LogP contribution in [-0.2, 0) is 7.05 Å². The van der Waals surface area contributed by atoms with Gasteiger partial charge in [0.2, 0.25) is 0 Å². The first-order chi connectivity index (χ1) is 8.54. The van der Waals surface area contributed by atoms with E-state index in [1.165, 1.54) is 0 Å². The van der Waals surface area contributed by atoms with Gasteiger partial charge in [0, 0.05) is 12.7 Å². The summed E-state index contributed by atoms with van der Waals surface area (Å²) in [4.78, 5) is 7.66. The lowest BCUT2D eigenvalue weighted by Crippen LogP contribution is -1.92. The van der Waals surface area contributed by atoms with Crippen LogP contribution in [0.4, 0.5) is 0 Å². The van der Waals surface area contributed by atoms with Gasteiger partial charge in [0.25, 0.3) is 0 Å². The molecule has 0 saturated heterocycles. The molecule has 0 spiro atoms. The van der Waals surface area contributed by atoms with Gasteiger partial charge in [0.05, 0.1) is 21.1 Å². The largest absolute Gasteiger partial charge is 0.337 e. The van der Waals surface area contributed by atoms with Crippen molar-refractivity contribution in [2.45, 2.75) is 6.92 Å². The summed E-state index contributed by atoms with van der Waals surface area (Å²) in [6, 6.07) is 5.49. The summed E-state index contributed by atoms with van der Waals surface area (Å²) in [5, 5.41) is 5.39. The van der Waals surface area contributed by atoms with Gasteiger partial charge in [-0.15, -0.1) is 0 Å². The number of H-pyrrole nitrogens is 1. The lowest BCUT2D eigenvalue weighted by Gasteiger charge is -1.93. The maximum Gasteiger partial charge on any atom is 0.159 e. The zero-order valence-corrected chi connectivity index (χ0v) is 11.3. The van der Waals surface area contributed by atoms with Crippen LogP contribution in [0, 0.1) is 6.92 Å². The Morgan fingerprint density at radius 2 is 1.89 bits per heavy atom. The van der Waals surface area contributed by atoms with Crippen molar-refractivity contribution in [2.24, 2.45) is 7.05 Å². The number of aryl methyl sites for hydroxylation is 2. The van der Waals surface area contributed by atoms with Crippen molar-refractivity contribution in [1.29, 1.82) is 0 Å². The fourth-order valence-electron chi connectivity index (χ4n) is 1.80. The van der Waals surface area contributed by atoms with Gasteiger partial charge in [-0.05, 0) is 25.1 Å². The average Bonchev–Trinajstić information content (AvgIpc) is 2.84. The summed E-state index contributed by atoms with van der Waals surface area (Å²) in [6.07, 6.45) is 0. The van der Waals surface area contributed by atoms with E-state index in [1.54, 1.807) is 12.1 Å². The van der Waals surface area contributed by atoms with Gasteiger partial charge in [-0.25, -0.2) is 4.98 Å². The van der Waals surface area contributed by atoms with Crippen LogP contribution in [0.5, 0.6) is 0 Å². The number of hydrogen-bond acceptors (Lipinski definition) is 2. The highest BCUT2D eigenvalue weighted by Gasteiger charge is 2.11. The molecule has 0 unspecified atom stereocenters. The van der Waals surface area contributed by atoms with Crippen LogP contribution in [0.1, 0.15) is 5.69 Å². The maximum absolute atomic E-state index is 5.97. The molecule has 4 nitrogen and oxygen atoms in total. The van der Waals surface area contributed by atoms with Gasteiger partial charge in [-0.3, -0.25) is 4.68 Å². The Morgan fingerprint density at radius 3 is 2.56 bits per heavy atom. The number of halogens is 2. The number of nitrogens with zero attached hydrogens (tertiary/aromatic N) is 3. The van der Waals surface area contributed by atoms with E-state index >= 15 is 0 Å². The van der Waals surface area contributed by atoms with Gasteiger partial charge < -0.3 is 4.98 Å². The van der Waals surface area contributed by atoms with Crippen molar-refractivity contribution >= 4 is 34.2 Å². The molecule has 0 bridgehead atoms. The SMILES string of the molecule is Cc1cc(-c2nc3cc(Cl)c(Cl)cc3[nH]2)nn1C. The Labute approximate surface area is 114 Å². The van der Waals surface area contributed by atoms with E-state index in [-0.39, 0.29) is 0 Å². The lowest BCUT2D eigenvalue weighted by atomic mass is 10.3. The first-order valence-electron chi connectivity index (χ1n) is 5.40. The lowest BCUT2D eigenvalue weighted by molar-refractivity contribution is 0.741.